The highest BCUT2D eigenvalue weighted by Crippen LogP contribution is 2.35. The molecule has 1 aromatic carbocycles. The molecule has 0 fully saturated rings. The Morgan fingerprint density at radius 3 is 2.70 bits per heavy atom. The second kappa shape index (κ2) is 7.02. The van der Waals surface area contributed by atoms with Crippen molar-refractivity contribution in [1.82, 2.24) is 9.78 Å². The number of aromatic nitrogens is 2. The molecule has 0 spiro atoms. The van der Waals surface area contributed by atoms with Crippen LogP contribution in [-0.2, 0) is 11.5 Å². The summed E-state index contributed by atoms with van der Waals surface area (Å²) in [5.74, 6) is -0.457. The van der Waals surface area contributed by atoms with Crippen LogP contribution < -0.4 is 4.74 Å². The first-order valence-electron chi connectivity index (χ1n) is 7.27. The van der Waals surface area contributed by atoms with Crippen LogP contribution in [0.15, 0.2) is 16.7 Å². The second-order valence-corrected chi connectivity index (χ2v) is 13.0. The van der Waals surface area contributed by atoms with Gasteiger partial charge >= 0.3 is 5.97 Å². The van der Waals surface area contributed by atoms with Gasteiger partial charge in [-0.2, -0.15) is 5.10 Å². The predicted octanol–water partition coefficient (Wildman–Crippen LogP) is 3.82. The van der Waals surface area contributed by atoms with Gasteiger partial charge in [0.1, 0.15) is 18.0 Å². The largest absolute Gasteiger partial charge is 0.495 e. The van der Waals surface area contributed by atoms with Crippen LogP contribution in [0.4, 0.5) is 0 Å². The third-order valence-corrected chi connectivity index (χ3v) is 5.70. The number of hydrogen-bond acceptors (Lipinski definition) is 4. The summed E-state index contributed by atoms with van der Waals surface area (Å²) in [7, 11) is 0.412. The molecular formula is C15H21BrN2O4Si. The fourth-order valence-electron chi connectivity index (χ4n) is 2.15. The van der Waals surface area contributed by atoms with Crippen LogP contribution in [0.25, 0.3) is 10.9 Å². The summed E-state index contributed by atoms with van der Waals surface area (Å²) < 4.78 is 13.2. The Hall–Kier alpha value is -1.38. The molecular weight excluding hydrogens is 380 g/mol. The number of nitrogens with zero attached hydrogens (tertiary/aromatic N) is 2. The van der Waals surface area contributed by atoms with E-state index >= 15 is 0 Å². The number of rotatable bonds is 7. The van der Waals surface area contributed by atoms with Crippen LogP contribution in [-0.4, -0.2) is 42.6 Å². The summed E-state index contributed by atoms with van der Waals surface area (Å²) in [6.07, 6.45) is 1.75. The van der Waals surface area contributed by atoms with Gasteiger partial charge in [-0.3, -0.25) is 0 Å². The smallest absolute Gasteiger partial charge is 0.338 e. The SMILES string of the molecule is COc1c(Br)cc(C(=O)O)c2nn(COCC[Si](C)(C)C)cc12. The molecule has 126 valence electrons. The lowest BCUT2D eigenvalue weighted by atomic mass is 10.1. The van der Waals surface area contributed by atoms with Crippen molar-refractivity contribution in [2.75, 3.05) is 13.7 Å². The summed E-state index contributed by atoms with van der Waals surface area (Å²) in [6, 6.07) is 2.58. The normalized spacial score (nSPS) is 11.9. The number of ether oxygens (including phenoxy) is 2. The number of carbonyl (C=O) groups is 1. The lowest BCUT2D eigenvalue weighted by Crippen LogP contribution is -2.22. The van der Waals surface area contributed by atoms with Crippen molar-refractivity contribution in [2.45, 2.75) is 32.4 Å². The zero-order valence-electron chi connectivity index (χ0n) is 13.7. The second-order valence-electron chi connectivity index (χ2n) is 6.52. The minimum absolute atomic E-state index is 0.133. The zero-order valence-corrected chi connectivity index (χ0v) is 16.3. The van der Waals surface area contributed by atoms with Crippen LogP contribution in [0.3, 0.4) is 0 Å². The monoisotopic (exact) mass is 400 g/mol. The maximum absolute atomic E-state index is 11.4. The first-order chi connectivity index (χ1) is 10.7. The zero-order chi connectivity index (χ0) is 17.2. The number of fused-ring (bicyclic) bond motifs is 1. The van der Waals surface area contributed by atoms with Crippen molar-refractivity contribution in [3.05, 3.63) is 22.3 Å². The highest BCUT2D eigenvalue weighted by molar-refractivity contribution is 9.10. The van der Waals surface area contributed by atoms with Gasteiger partial charge in [-0.15, -0.1) is 0 Å². The van der Waals surface area contributed by atoms with Crippen molar-refractivity contribution in [3.63, 3.8) is 0 Å². The van der Waals surface area contributed by atoms with Gasteiger partial charge in [-0.25, -0.2) is 9.48 Å². The molecule has 6 nitrogen and oxygen atoms in total. The van der Waals surface area contributed by atoms with E-state index in [1.54, 1.807) is 18.0 Å². The molecule has 1 heterocycles. The minimum Gasteiger partial charge on any atom is -0.495 e. The fraction of sp³-hybridized carbons (Fsp3) is 0.467. The molecule has 0 unspecified atom stereocenters. The van der Waals surface area contributed by atoms with E-state index in [1.807, 2.05) is 0 Å². The van der Waals surface area contributed by atoms with Gasteiger partial charge in [0, 0.05) is 20.9 Å². The Morgan fingerprint density at radius 2 is 2.13 bits per heavy atom. The van der Waals surface area contributed by atoms with E-state index in [4.69, 9.17) is 9.47 Å². The van der Waals surface area contributed by atoms with E-state index in [-0.39, 0.29) is 5.56 Å². The maximum atomic E-state index is 11.4. The first-order valence-corrected chi connectivity index (χ1v) is 11.8. The van der Waals surface area contributed by atoms with Gasteiger partial charge < -0.3 is 14.6 Å². The van der Waals surface area contributed by atoms with Crippen LogP contribution in [0, 0.1) is 0 Å². The van der Waals surface area contributed by atoms with E-state index in [1.165, 1.54) is 6.07 Å². The molecule has 1 aromatic heterocycles. The van der Waals surface area contributed by atoms with Crippen molar-refractivity contribution in [2.24, 2.45) is 0 Å². The summed E-state index contributed by atoms with van der Waals surface area (Å²) in [4.78, 5) is 11.4. The Labute approximate surface area is 144 Å². The maximum Gasteiger partial charge on any atom is 0.338 e. The lowest BCUT2D eigenvalue weighted by Gasteiger charge is -2.15. The Bertz CT molecular complexity index is 724. The van der Waals surface area contributed by atoms with Crippen molar-refractivity contribution in [3.8, 4) is 5.75 Å². The van der Waals surface area contributed by atoms with E-state index < -0.39 is 14.0 Å². The summed E-state index contributed by atoms with van der Waals surface area (Å²) >= 11 is 3.34. The third kappa shape index (κ3) is 4.33. The molecule has 0 radical (unpaired) electrons. The lowest BCUT2D eigenvalue weighted by molar-refractivity contribution is 0.0697. The number of benzene rings is 1. The number of aromatic carboxylic acids is 1. The van der Waals surface area contributed by atoms with Gasteiger partial charge in [0.25, 0.3) is 0 Å². The van der Waals surface area contributed by atoms with Crippen molar-refractivity contribution >= 4 is 40.9 Å². The molecule has 0 saturated heterocycles. The number of hydrogen-bond donors (Lipinski definition) is 1. The van der Waals surface area contributed by atoms with Gasteiger partial charge in [0.15, 0.2) is 0 Å². The Balaban J connectivity index is 2.26. The first kappa shape index (κ1) is 18.0. The number of halogens is 1. The van der Waals surface area contributed by atoms with Crippen molar-refractivity contribution < 1.29 is 19.4 Å². The number of carboxylic acids is 1. The molecule has 0 saturated carbocycles. The quantitative estimate of drug-likeness (QED) is 0.564. The van der Waals surface area contributed by atoms with Crippen LogP contribution in [0.2, 0.25) is 25.7 Å². The fourth-order valence-corrected chi connectivity index (χ4v) is 3.51. The van der Waals surface area contributed by atoms with Crippen LogP contribution >= 0.6 is 15.9 Å². The highest BCUT2D eigenvalue weighted by atomic mass is 79.9. The predicted molar refractivity (Wildman–Crippen MR) is 95.0 cm³/mol. The van der Waals surface area contributed by atoms with E-state index in [9.17, 15) is 9.90 Å². The molecule has 0 atom stereocenters. The molecule has 2 rings (SSSR count). The molecule has 0 bridgehead atoms. The number of carboxylic acid groups (broad SMARTS) is 1. The van der Waals surface area contributed by atoms with Crippen molar-refractivity contribution in [1.29, 1.82) is 0 Å². The third-order valence-electron chi connectivity index (χ3n) is 3.40. The molecule has 1 N–H and O–H groups in total. The topological polar surface area (TPSA) is 73.6 Å². The van der Waals surface area contributed by atoms with E-state index in [0.717, 1.165) is 6.04 Å². The summed E-state index contributed by atoms with van der Waals surface area (Å²) in [5.41, 5.74) is 0.528. The molecule has 23 heavy (non-hydrogen) atoms. The summed E-state index contributed by atoms with van der Waals surface area (Å²) in [6.45, 7) is 7.85. The van der Waals surface area contributed by atoms with Gasteiger partial charge in [0.05, 0.1) is 22.5 Å². The summed E-state index contributed by atoms with van der Waals surface area (Å²) in [5, 5.41) is 14.3. The molecule has 0 amide bonds. The Morgan fingerprint density at radius 1 is 1.43 bits per heavy atom. The molecule has 0 aliphatic rings. The van der Waals surface area contributed by atoms with E-state index in [2.05, 4.69) is 40.7 Å². The van der Waals surface area contributed by atoms with E-state index in [0.29, 0.717) is 34.5 Å². The van der Waals surface area contributed by atoms with Gasteiger partial charge in [0.2, 0.25) is 0 Å². The molecule has 0 aliphatic carbocycles. The average molecular weight is 401 g/mol. The number of methoxy groups -OCH3 is 1. The van der Waals surface area contributed by atoms with Gasteiger partial charge in [-0.1, -0.05) is 19.6 Å². The van der Waals surface area contributed by atoms with Crippen LogP contribution in [0.1, 0.15) is 10.4 Å². The van der Waals surface area contributed by atoms with Gasteiger partial charge in [-0.05, 0) is 28.0 Å². The van der Waals surface area contributed by atoms with Crippen LogP contribution in [0.5, 0.6) is 5.75 Å². The standard InChI is InChI=1S/C15H21BrN2O4Si/c1-21-14-11-8-18(9-22-5-6-23(2,3)4)17-13(11)10(15(19)20)7-12(14)16/h7-8H,5-6,9H2,1-4H3,(H,19,20). The molecule has 2 aromatic rings. The highest BCUT2D eigenvalue weighted by Gasteiger charge is 2.19. The Kier molecular flexibility index (Phi) is 5.48. The average Bonchev–Trinajstić information content (AvgIpc) is 2.85. The molecule has 0 aliphatic heterocycles. The molecule has 8 heteroatoms. The minimum atomic E-state index is -1.13.